The van der Waals surface area contributed by atoms with Crippen LogP contribution in [-0.2, 0) is 0 Å². The lowest BCUT2D eigenvalue weighted by molar-refractivity contribution is -0.384. The lowest BCUT2D eigenvalue weighted by atomic mass is 10.1. The molecule has 7 heteroatoms. The Morgan fingerprint density at radius 3 is 2.67 bits per heavy atom. The number of nitro groups is 1. The van der Waals surface area contributed by atoms with Gasteiger partial charge in [-0.15, -0.1) is 11.8 Å². The predicted molar refractivity (Wildman–Crippen MR) is 92.4 cm³/mol. The van der Waals surface area contributed by atoms with Crippen LogP contribution in [0.1, 0.15) is 23.2 Å². The molecular weight excluding hydrogens is 326 g/mol. The standard InChI is InChI=1S/C17H17N3O3S/c1-12-10-13(2)19-17(16(12)11-18)24-9-3-8-23-15-6-4-14(5-7-15)20(21)22/h4-7,10H,3,8-9H2,1-2H3. The highest BCUT2D eigenvalue weighted by atomic mass is 32.2. The van der Waals surface area contributed by atoms with Crippen molar-refractivity contribution in [2.75, 3.05) is 12.4 Å². The number of ether oxygens (including phenoxy) is 1. The fourth-order valence-electron chi connectivity index (χ4n) is 2.12. The molecule has 2 rings (SSSR count). The van der Waals surface area contributed by atoms with E-state index < -0.39 is 4.92 Å². The number of hydrogen-bond acceptors (Lipinski definition) is 6. The third kappa shape index (κ3) is 4.70. The average Bonchev–Trinajstić information content (AvgIpc) is 2.54. The average molecular weight is 343 g/mol. The van der Waals surface area contributed by atoms with Gasteiger partial charge in [-0.05, 0) is 44.0 Å². The second-order valence-electron chi connectivity index (χ2n) is 5.17. The van der Waals surface area contributed by atoms with E-state index in [1.165, 1.54) is 23.9 Å². The maximum atomic E-state index is 10.6. The van der Waals surface area contributed by atoms with Crippen molar-refractivity contribution in [2.45, 2.75) is 25.3 Å². The van der Waals surface area contributed by atoms with Crippen molar-refractivity contribution < 1.29 is 9.66 Å². The molecule has 1 aromatic heterocycles. The predicted octanol–water partition coefficient (Wildman–Crippen LogP) is 4.04. The van der Waals surface area contributed by atoms with Gasteiger partial charge >= 0.3 is 0 Å². The molecule has 6 nitrogen and oxygen atoms in total. The van der Waals surface area contributed by atoms with E-state index in [2.05, 4.69) is 11.1 Å². The smallest absolute Gasteiger partial charge is 0.269 e. The number of nitro benzene ring substituents is 1. The van der Waals surface area contributed by atoms with Crippen LogP contribution >= 0.6 is 11.8 Å². The molecule has 0 N–H and O–H groups in total. The summed E-state index contributed by atoms with van der Waals surface area (Å²) in [7, 11) is 0. The molecule has 1 heterocycles. The molecular formula is C17H17N3O3S. The SMILES string of the molecule is Cc1cc(C)c(C#N)c(SCCCOc2ccc([N+](=O)[O-])cc2)n1. The van der Waals surface area contributed by atoms with Gasteiger partial charge in [0.15, 0.2) is 0 Å². The van der Waals surface area contributed by atoms with Crippen molar-refractivity contribution in [1.82, 2.24) is 4.98 Å². The molecule has 2 aromatic rings. The van der Waals surface area contributed by atoms with Crippen LogP contribution in [0.3, 0.4) is 0 Å². The third-order valence-electron chi connectivity index (χ3n) is 3.27. The van der Waals surface area contributed by atoms with Gasteiger partial charge in [-0.1, -0.05) is 0 Å². The van der Waals surface area contributed by atoms with Gasteiger partial charge in [-0.2, -0.15) is 5.26 Å². The Morgan fingerprint density at radius 1 is 1.33 bits per heavy atom. The monoisotopic (exact) mass is 343 g/mol. The van der Waals surface area contributed by atoms with Gasteiger partial charge in [-0.3, -0.25) is 10.1 Å². The Balaban J connectivity index is 1.81. The van der Waals surface area contributed by atoms with Crippen molar-refractivity contribution in [1.29, 1.82) is 5.26 Å². The first-order chi connectivity index (χ1) is 11.5. The first-order valence-electron chi connectivity index (χ1n) is 7.39. The molecule has 0 aliphatic carbocycles. The molecule has 1 aromatic carbocycles. The third-order valence-corrected chi connectivity index (χ3v) is 4.33. The van der Waals surface area contributed by atoms with Crippen LogP contribution in [0.4, 0.5) is 5.69 Å². The Hall–Kier alpha value is -2.59. The van der Waals surface area contributed by atoms with Gasteiger partial charge < -0.3 is 4.74 Å². The first kappa shape index (κ1) is 17.8. The van der Waals surface area contributed by atoms with Crippen molar-refractivity contribution in [3.63, 3.8) is 0 Å². The normalized spacial score (nSPS) is 10.2. The molecule has 0 spiro atoms. The van der Waals surface area contributed by atoms with Crippen LogP contribution in [0.2, 0.25) is 0 Å². The van der Waals surface area contributed by atoms with Crippen LogP contribution in [0.25, 0.3) is 0 Å². The van der Waals surface area contributed by atoms with Gasteiger partial charge in [0.2, 0.25) is 0 Å². The van der Waals surface area contributed by atoms with Crippen LogP contribution in [0, 0.1) is 35.3 Å². The van der Waals surface area contributed by atoms with E-state index >= 15 is 0 Å². The van der Waals surface area contributed by atoms with Gasteiger partial charge in [-0.25, -0.2) is 4.98 Å². The van der Waals surface area contributed by atoms with Crippen molar-refractivity contribution >= 4 is 17.4 Å². The number of nitriles is 1. The number of hydrogen-bond donors (Lipinski definition) is 0. The van der Waals surface area contributed by atoms with E-state index in [0.29, 0.717) is 17.9 Å². The quantitative estimate of drug-likeness (QED) is 0.326. The minimum atomic E-state index is -0.440. The fourth-order valence-corrected chi connectivity index (χ4v) is 3.14. The Labute approximate surface area is 144 Å². The lowest BCUT2D eigenvalue weighted by Gasteiger charge is -2.08. The second kappa shape index (κ2) is 8.31. The Kier molecular flexibility index (Phi) is 6.15. The van der Waals surface area contributed by atoms with Gasteiger partial charge in [0.05, 0.1) is 17.1 Å². The summed E-state index contributed by atoms with van der Waals surface area (Å²) >= 11 is 1.54. The summed E-state index contributed by atoms with van der Waals surface area (Å²) in [5.74, 6) is 1.38. The number of rotatable bonds is 7. The van der Waals surface area contributed by atoms with Crippen LogP contribution in [0.5, 0.6) is 5.75 Å². The van der Waals surface area contributed by atoms with Crippen LogP contribution < -0.4 is 4.74 Å². The first-order valence-corrected chi connectivity index (χ1v) is 8.38. The van der Waals surface area contributed by atoms with E-state index in [1.54, 1.807) is 12.1 Å². The number of non-ortho nitro benzene ring substituents is 1. The fraction of sp³-hybridized carbons (Fsp3) is 0.294. The molecule has 0 aliphatic rings. The van der Waals surface area contributed by atoms with E-state index in [0.717, 1.165) is 28.5 Å². The highest BCUT2D eigenvalue weighted by molar-refractivity contribution is 7.99. The highest BCUT2D eigenvalue weighted by Gasteiger charge is 2.09. The summed E-state index contributed by atoms with van der Waals surface area (Å²) in [5, 5.41) is 20.6. The van der Waals surface area contributed by atoms with Gasteiger partial charge in [0.1, 0.15) is 16.8 Å². The molecule has 0 radical (unpaired) electrons. The molecule has 0 saturated heterocycles. The maximum absolute atomic E-state index is 10.6. The zero-order valence-electron chi connectivity index (χ0n) is 13.5. The second-order valence-corrected chi connectivity index (χ2v) is 6.26. The summed E-state index contributed by atoms with van der Waals surface area (Å²) in [4.78, 5) is 14.6. The number of thioether (sulfide) groups is 1. The number of aryl methyl sites for hydroxylation is 2. The maximum Gasteiger partial charge on any atom is 0.269 e. The number of aromatic nitrogens is 1. The summed E-state index contributed by atoms with van der Waals surface area (Å²) in [6.07, 6.45) is 0.779. The highest BCUT2D eigenvalue weighted by Crippen LogP contribution is 2.24. The number of pyridine rings is 1. The Morgan fingerprint density at radius 2 is 2.04 bits per heavy atom. The Bertz CT molecular complexity index is 770. The van der Waals surface area contributed by atoms with Crippen molar-refractivity contribution in [2.24, 2.45) is 0 Å². The van der Waals surface area contributed by atoms with E-state index in [-0.39, 0.29) is 5.69 Å². The largest absolute Gasteiger partial charge is 0.494 e. The molecule has 0 atom stereocenters. The number of nitrogens with zero attached hydrogens (tertiary/aromatic N) is 3. The van der Waals surface area contributed by atoms with Crippen LogP contribution in [-0.4, -0.2) is 22.3 Å². The lowest BCUT2D eigenvalue weighted by Crippen LogP contribution is -2.00. The molecule has 0 fully saturated rings. The van der Waals surface area contributed by atoms with Crippen molar-refractivity contribution in [3.8, 4) is 11.8 Å². The molecule has 0 amide bonds. The van der Waals surface area contributed by atoms with Crippen LogP contribution in [0.15, 0.2) is 35.4 Å². The van der Waals surface area contributed by atoms with Gasteiger partial charge in [0, 0.05) is 23.6 Å². The summed E-state index contributed by atoms with van der Waals surface area (Å²) < 4.78 is 5.56. The minimum Gasteiger partial charge on any atom is -0.494 e. The molecule has 0 unspecified atom stereocenters. The van der Waals surface area contributed by atoms with E-state index in [4.69, 9.17) is 4.74 Å². The van der Waals surface area contributed by atoms with E-state index in [1.807, 2.05) is 19.9 Å². The minimum absolute atomic E-state index is 0.0443. The molecule has 0 saturated carbocycles. The zero-order chi connectivity index (χ0) is 17.5. The molecule has 124 valence electrons. The topological polar surface area (TPSA) is 89.0 Å². The van der Waals surface area contributed by atoms with Crippen molar-refractivity contribution in [3.05, 3.63) is 57.3 Å². The van der Waals surface area contributed by atoms with Gasteiger partial charge in [0.25, 0.3) is 5.69 Å². The zero-order valence-corrected chi connectivity index (χ0v) is 14.3. The summed E-state index contributed by atoms with van der Waals surface area (Å²) in [5.41, 5.74) is 2.51. The molecule has 0 aliphatic heterocycles. The van der Waals surface area contributed by atoms with E-state index in [9.17, 15) is 15.4 Å². The summed E-state index contributed by atoms with van der Waals surface area (Å²) in [6, 6.07) is 10.1. The summed E-state index contributed by atoms with van der Waals surface area (Å²) in [6.45, 7) is 4.32. The number of benzene rings is 1. The molecule has 0 bridgehead atoms. The molecule has 24 heavy (non-hydrogen) atoms.